The highest BCUT2D eigenvalue weighted by molar-refractivity contribution is 7.89. The van der Waals surface area contributed by atoms with Gasteiger partial charge in [-0.2, -0.15) is 4.31 Å². The molecule has 4 atom stereocenters. The van der Waals surface area contributed by atoms with Gasteiger partial charge in [0.1, 0.15) is 0 Å². The second-order valence-corrected chi connectivity index (χ2v) is 11.4. The molecule has 4 rings (SSSR count). The fourth-order valence-corrected chi connectivity index (χ4v) is 8.00. The Morgan fingerprint density at radius 1 is 0.966 bits per heavy atom. The third kappa shape index (κ3) is 3.55. The van der Waals surface area contributed by atoms with E-state index in [0.29, 0.717) is 35.1 Å². The highest BCUT2D eigenvalue weighted by Gasteiger charge is 2.51. The van der Waals surface area contributed by atoms with Crippen molar-refractivity contribution in [1.82, 2.24) is 4.31 Å². The first-order valence-electron chi connectivity index (χ1n) is 10.8. The molecule has 0 radical (unpaired) electrons. The molecule has 2 fully saturated rings. The van der Waals surface area contributed by atoms with Gasteiger partial charge in [0.05, 0.1) is 4.90 Å². The van der Waals surface area contributed by atoms with E-state index >= 15 is 0 Å². The van der Waals surface area contributed by atoms with Crippen LogP contribution >= 0.6 is 0 Å². The predicted octanol–water partition coefficient (Wildman–Crippen LogP) is 5.45. The molecule has 0 aromatic heterocycles. The highest BCUT2D eigenvalue weighted by atomic mass is 32.2. The molecule has 2 aromatic carbocycles. The second-order valence-electron chi connectivity index (χ2n) is 9.53. The van der Waals surface area contributed by atoms with Crippen LogP contribution in [0.5, 0.6) is 0 Å². The lowest BCUT2D eigenvalue weighted by Crippen LogP contribution is -2.57. The number of fused-ring (bicyclic) bond motifs is 1. The number of benzene rings is 2. The van der Waals surface area contributed by atoms with Crippen molar-refractivity contribution in [3.05, 3.63) is 64.7 Å². The first-order chi connectivity index (χ1) is 13.7. The lowest BCUT2D eigenvalue weighted by molar-refractivity contribution is 0.0124. The van der Waals surface area contributed by atoms with E-state index in [4.69, 9.17) is 0 Å². The maximum absolute atomic E-state index is 13.9. The fourth-order valence-electron chi connectivity index (χ4n) is 5.78. The standard InChI is InChI=1S/C25H33NO2S/c1-16(2)24-14-21-13-22(20-9-7-6-8-10-20)23(21)15-26(24)29(27,28)25-18(4)11-17(3)12-19(25)5/h6-12,16,21-24H,13-15H2,1-5H3/t21-,22+,23+,24-/m1/s1. The van der Waals surface area contributed by atoms with Gasteiger partial charge in [-0.3, -0.25) is 0 Å². The van der Waals surface area contributed by atoms with Gasteiger partial charge in [0.15, 0.2) is 0 Å². The predicted molar refractivity (Wildman–Crippen MR) is 119 cm³/mol. The zero-order chi connectivity index (χ0) is 20.9. The van der Waals surface area contributed by atoms with Crippen molar-refractivity contribution in [2.24, 2.45) is 17.8 Å². The zero-order valence-electron chi connectivity index (χ0n) is 18.2. The summed E-state index contributed by atoms with van der Waals surface area (Å²) in [6.45, 7) is 10.9. The summed E-state index contributed by atoms with van der Waals surface area (Å²) in [6.07, 6.45) is 2.17. The summed E-state index contributed by atoms with van der Waals surface area (Å²) in [4.78, 5) is 0.516. The van der Waals surface area contributed by atoms with E-state index in [1.807, 2.05) is 37.2 Å². The summed E-state index contributed by atoms with van der Waals surface area (Å²) in [5, 5.41) is 0. The molecule has 1 aliphatic heterocycles. The van der Waals surface area contributed by atoms with Gasteiger partial charge in [-0.1, -0.05) is 61.9 Å². The van der Waals surface area contributed by atoms with Crippen LogP contribution in [-0.4, -0.2) is 25.3 Å². The van der Waals surface area contributed by atoms with Crippen molar-refractivity contribution in [2.45, 2.75) is 64.3 Å². The Bertz CT molecular complexity index is 974. The first kappa shape index (κ1) is 20.6. The van der Waals surface area contributed by atoms with Crippen LogP contribution in [-0.2, 0) is 10.0 Å². The van der Waals surface area contributed by atoms with E-state index < -0.39 is 10.0 Å². The van der Waals surface area contributed by atoms with E-state index in [-0.39, 0.29) is 6.04 Å². The van der Waals surface area contributed by atoms with Crippen molar-refractivity contribution in [3.63, 3.8) is 0 Å². The average molecular weight is 412 g/mol. The van der Waals surface area contributed by atoms with Crippen LogP contribution in [0, 0.1) is 38.5 Å². The van der Waals surface area contributed by atoms with Gasteiger partial charge in [0.2, 0.25) is 10.0 Å². The Hall–Kier alpha value is -1.65. The molecule has 1 aliphatic carbocycles. The maximum atomic E-state index is 13.9. The number of aryl methyl sites for hydroxylation is 3. The topological polar surface area (TPSA) is 37.4 Å². The number of hydrogen-bond acceptors (Lipinski definition) is 2. The molecule has 4 heteroatoms. The minimum absolute atomic E-state index is 0.0816. The van der Waals surface area contributed by atoms with Crippen LogP contribution < -0.4 is 0 Å². The molecule has 2 aliphatic rings. The first-order valence-corrected chi connectivity index (χ1v) is 12.3. The van der Waals surface area contributed by atoms with Crippen molar-refractivity contribution >= 4 is 10.0 Å². The minimum Gasteiger partial charge on any atom is -0.207 e. The number of piperidine rings is 1. The molecule has 0 spiro atoms. The molecule has 29 heavy (non-hydrogen) atoms. The summed E-state index contributed by atoms with van der Waals surface area (Å²) in [7, 11) is -3.53. The molecule has 1 saturated heterocycles. The van der Waals surface area contributed by atoms with Gasteiger partial charge in [-0.05, 0) is 74.0 Å². The van der Waals surface area contributed by atoms with Gasteiger partial charge in [-0.25, -0.2) is 8.42 Å². The molecule has 3 nitrogen and oxygen atoms in total. The van der Waals surface area contributed by atoms with Gasteiger partial charge in [0.25, 0.3) is 0 Å². The van der Waals surface area contributed by atoms with E-state index in [9.17, 15) is 8.42 Å². The van der Waals surface area contributed by atoms with Crippen LogP contribution in [0.2, 0.25) is 0 Å². The largest absolute Gasteiger partial charge is 0.243 e. The molecule has 0 bridgehead atoms. The monoisotopic (exact) mass is 411 g/mol. The van der Waals surface area contributed by atoms with Crippen LogP contribution in [0.3, 0.4) is 0 Å². The third-order valence-electron chi connectivity index (χ3n) is 7.15. The van der Waals surface area contributed by atoms with E-state index in [1.165, 1.54) is 12.0 Å². The Morgan fingerprint density at radius 2 is 1.59 bits per heavy atom. The van der Waals surface area contributed by atoms with E-state index in [1.54, 1.807) is 0 Å². The number of nitrogens with zero attached hydrogens (tertiary/aromatic N) is 1. The molecule has 1 saturated carbocycles. The van der Waals surface area contributed by atoms with Gasteiger partial charge >= 0.3 is 0 Å². The number of sulfonamides is 1. The quantitative estimate of drug-likeness (QED) is 0.671. The molecule has 2 aromatic rings. The summed E-state index contributed by atoms with van der Waals surface area (Å²) in [5.41, 5.74) is 4.19. The van der Waals surface area contributed by atoms with E-state index in [0.717, 1.165) is 23.1 Å². The summed E-state index contributed by atoms with van der Waals surface area (Å²) < 4.78 is 29.7. The molecular formula is C25H33NO2S. The Kier molecular flexibility index (Phi) is 5.37. The molecule has 0 unspecified atom stereocenters. The van der Waals surface area contributed by atoms with Crippen molar-refractivity contribution in [3.8, 4) is 0 Å². The Labute approximate surface area is 176 Å². The van der Waals surface area contributed by atoms with Gasteiger partial charge in [0, 0.05) is 12.6 Å². The normalized spacial score (nSPS) is 27.5. The number of hydrogen-bond donors (Lipinski definition) is 0. The Morgan fingerprint density at radius 3 is 2.17 bits per heavy atom. The number of rotatable bonds is 4. The lowest BCUT2D eigenvalue weighted by atomic mass is 9.58. The average Bonchev–Trinajstić information content (AvgIpc) is 2.61. The lowest BCUT2D eigenvalue weighted by Gasteiger charge is -2.54. The molecular weight excluding hydrogens is 378 g/mol. The molecule has 1 heterocycles. The van der Waals surface area contributed by atoms with Crippen molar-refractivity contribution < 1.29 is 8.42 Å². The smallest absolute Gasteiger partial charge is 0.207 e. The highest BCUT2D eigenvalue weighted by Crippen LogP contribution is 2.54. The summed E-state index contributed by atoms with van der Waals surface area (Å²) >= 11 is 0. The third-order valence-corrected chi connectivity index (χ3v) is 9.35. The maximum Gasteiger partial charge on any atom is 0.243 e. The van der Waals surface area contributed by atoms with Crippen LogP contribution in [0.25, 0.3) is 0 Å². The van der Waals surface area contributed by atoms with Gasteiger partial charge in [-0.15, -0.1) is 0 Å². The van der Waals surface area contributed by atoms with E-state index in [2.05, 4.69) is 44.2 Å². The molecule has 156 valence electrons. The van der Waals surface area contributed by atoms with Gasteiger partial charge < -0.3 is 0 Å². The molecule has 0 N–H and O–H groups in total. The van der Waals surface area contributed by atoms with Crippen LogP contribution in [0.4, 0.5) is 0 Å². The van der Waals surface area contributed by atoms with Crippen molar-refractivity contribution in [1.29, 1.82) is 0 Å². The summed E-state index contributed by atoms with van der Waals surface area (Å²) in [6, 6.07) is 14.7. The molecule has 0 amide bonds. The summed E-state index contributed by atoms with van der Waals surface area (Å²) in [5.74, 6) is 1.85. The minimum atomic E-state index is -3.53. The van der Waals surface area contributed by atoms with Crippen LogP contribution in [0.1, 0.15) is 54.9 Å². The Balaban J connectivity index is 1.70. The second kappa shape index (κ2) is 7.55. The van der Waals surface area contributed by atoms with Crippen molar-refractivity contribution in [2.75, 3.05) is 6.54 Å². The van der Waals surface area contributed by atoms with Crippen LogP contribution in [0.15, 0.2) is 47.4 Å². The SMILES string of the molecule is Cc1cc(C)c(S(=O)(=O)N2C[C@H]3[C@@H](C[C@@H]2C(C)C)C[C@H]3c2ccccc2)c(C)c1. The fraction of sp³-hybridized carbons (Fsp3) is 0.520. The zero-order valence-corrected chi connectivity index (χ0v) is 19.0.